The average Bonchev–Trinajstić information content (AvgIpc) is 0.895. The minimum Gasteiger partial charge on any atom is -0.469 e. The molecule has 8 aromatic rings. The predicted molar refractivity (Wildman–Crippen MR) is 385 cm³/mol. The van der Waals surface area contributed by atoms with Gasteiger partial charge in [0.2, 0.25) is 0 Å². The highest BCUT2D eigenvalue weighted by atomic mass is 32.1. The van der Waals surface area contributed by atoms with Crippen LogP contribution in [0, 0.1) is 23.7 Å². The van der Waals surface area contributed by atoms with Crippen molar-refractivity contribution in [3.05, 3.63) is 228 Å². The first kappa shape index (κ1) is 70.9. The summed E-state index contributed by atoms with van der Waals surface area (Å²) >= 11 is 3.23. The maximum atomic E-state index is 13.3. The molecule has 2 aliphatic rings. The summed E-state index contributed by atoms with van der Waals surface area (Å²) in [5, 5.41) is 27.9. The van der Waals surface area contributed by atoms with Crippen molar-refractivity contribution in [1.82, 2.24) is 9.97 Å². The minimum absolute atomic E-state index is 0.0336. The molecule has 2 aromatic heterocycles. The molecule has 2 aliphatic carbocycles. The number of ketones is 2. The van der Waals surface area contributed by atoms with Crippen molar-refractivity contribution in [3.8, 4) is 0 Å². The van der Waals surface area contributed by atoms with E-state index in [0.717, 1.165) is 43.3 Å². The van der Waals surface area contributed by atoms with E-state index >= 15 is 0 Å². The zero-order valence-electron chi connectivity index (χ0n) is 55.3. The van der Waals surface area contributed by atoms with Crippen molar-refractivity contribution in [3.63, 3.8) is 0 Å². The van der Waals surface area contributed by atoms with Crippen molar-refractivity contribution < 1.29 is 47.7 Å². The topological polar surface area (TPSA) is 171 Å². The summed E-state index contributed by atoms with van der Waals surface area (Å²) in [6.07, 6.45) is 18.5. The van der Waals surface area contributed by atoms with Crippen molar-refractivity contribution >= 4 is 104 Å². The number of methoxy groups -OCH3 is 2. The molecule has 0 bridgehead atoms. The molecular formula is C78H90N2O10S2Si2. The van der Waals surface area contributed by atoms with Crippen LogP contribution in [0.5, 0.6) is 0 Å². The third-order valence-corrected chi connectivity index (χ3v) is 30.3. The highest BCUT2D eigenvalue weighted by molar-refractivity contribution is 7.19. The van der Waals surface area contributed by atoms with Crippen LogP contribution in [0.2, 0.25) is 10.1 Å². The Hall–Kier alpha value is -7.39. The fourth-order valence-electron chi connectivity index (χ4n) is 13.3. The molecule has 0 radical (unpaired) electrons. The number of Topliss-reactive ketones (excluding diaryl/α,β-unsaturated/α-hetero) is 2. The molecule has 94 heavy (non-hydrogen) atoms. The standard InChI is InChI=1S/2C39H45NO5SSi/c2*1-39(2,3)47(28-17-9-7-10-18-28,29-19-11-8-12-20-29)45-35(38-40-32-22-15-16-23-36(32)46-38)26-25-31-30(33(41)27-34(31)42)21-13-5-6-14-24-37(43)44-4/h5,7-13,15-20,22-23,25-26,30-31,34-35,42H,6,14,21,24,27H2,1-4H3;5,7-13,15-20,22-23,25-26,30-31,33,35,41H,6,14,21,24,27H2,1-4H3/b2*13-5-,26-25+/t30-,31-,34-,35-;30-,31-,33+,35-/m11/s1. The molecule has 16 heteroatoms. The minimum atomic E-state index is -2.98. The van der Waals surface area contributed by atoms with E-state index in [4.69, 9.17) is 28.3 Å². The Labute approximate surface area is 564 Å². The molecule has 0 aliphatic heterocycles. The molecule has 10 rings (SSSR count). The van der Waals surface area contributed by atoms with E-state index in [1.807, 2.05) is 109 Å². The van der Waals surface area contributed by atoms with Gasteiger partial charge in [-0.2, -0.15) is 0 Å². The number of aromatic nitrogens is 2. The first-order chi connectivity index (χ1) is 45.3. The van der Waals surface area contributed by atoms with Gasteiger partial charge in [-0.15, -0.1) is 22.7 Å². The summed E-state index contributed by atoms with van der Waals surface area (Å²) in [4.78, 5) is 59.3. The first-order valence-corrected chi connectivity index (χ1v) is 38.2. The van der Waals surface area contributed by atoms with Crippen LogP contribution in [0.1, 0.15) is 128 Å². The summed E-state index contributed by atoms with van der Waals surface area (Å²) in [7, 11) is -3.16. The monoisotopic (exact) mass is 1330 g/mol. The number of allylic oxidation sites excluding steroid dienone is 5. The number of benzene rings is 6. The average molecular weight is 1340 g/mol. The number of fused-ring (bicyclic) bond motifs is 2. The number of para-hydroxylation sites is 2. The molecule has 0 amide bonds. The number of nitrogens with zero attached hydrogens (tertiary/aromatic N) is 2. The number of hydrogen-bond acceptors (Lipinski definition) is 14. The number of rotatable bonds is 26. The van der Waals surface area contributed by atoms with E-state index in [2.05, 4.69) is 151 Å². The second-order valence-corrected chi connectivity index (χ2v) is 37.0. The zero-order chi connectivity index (χ0) is 66.9. The number of hydrogen-bond donors (Lipinski definition) is 2. The number of carbonyl (C=O) groups is 4. The lowest BCUT2D eigenvalue weighted by Crippen LogP contribution is -2.66. The summed E-state index contributed by atoms with van der Waals surface area (Å²) in [5.74, 6) is -1.70. The summed E-state index contributed by atoms with van der Waals surface area (Å²) in [5.41, 5.74) is 1.84. The Morgan fingerprint density at radius 3 is 1.31 bits per heavy atom. The van der Waals surface area contributed by atoms with E-state index < -0.39 is 47.0 Å². The van der Waals surface area contributed by atoms with Crippen molar-refractivity contribution in [2.75, 3.05) is 14.2 Å². The molecular weight excluding hydrogens is 1250 g/mol. The molecule has 12 nitrogen and oxygen atoms in total. The molecule has 492 valence electrons. The van der Waals surface area contributed by atoms with Gasteiger partial charge in [0, 0.05) is 49.4 Å². The third-order valence-electron chi connectivity index (χ3n) is 18.1. The van der Waals surface area contributed by atoms with E-state index in [9.17, 15) is 29.4 Å². The third kappa shape index (κ3) is 17.0. The highest BCUT2D eigenvalue weighted by Gasteiger charge is 2.53. The Morgan fingerprint density at radius 2 is 0.904 bits per heavy atom. The number of ether oxygens (including phenoxy) is 2. The summed E-state index contributed by atoms with van der Waals surface area (Å²) in [6, 6.07) is 58.3. The van der Waals surface area contributed by atoms with E-state index in [0.29, 0.717) is 38.5 Å². The fraction of sp³-hybridized carbons (Fsp3) is 0.359. The lowest BCUT2D eigenvalue weighted by molar-refractivity contribution is -0.141. The van der Waals surface area contributed by atoms with Gasteiger partial charge in [0.05, 0.1) is 46.9 Å². The first-order valence-electron chi connectivity index (χ1n) is 32.8. The van der Waals surface area contributed by atoms with Gasteiger partial charge < -0.3 is 28.5 Å². The Balaban J connectivity index is 0.000000221. The molecule has 8 atom stereocenters. The SMILES string of the molecule is COC(=O)CCC/C=C\C[C@H]1C(=O)C[C@@H](O)[C@@H]1/C=C/[C@@H](O[Si](c1ccccc1)(c1ccccc1)C(C)(C)C)c1nc2ccccc2s1.COC(=O)CCC/C=C\C[C@H]1[C@@H](O)CC(=O)[C@@H]1/C=C/[C@@H](O[Si](c1ccccc1)(c1ccccc1)C(C)(C)C)c1nc2ccccc2s1. The van der Waals surface area contributed by atoms with E-state index in [1.165, 1.54) is 35.0 Å². The molecule has 2 fully saturated rings. The van der Waals surface area contributed by atoms with Crippen LogP contribution in [0.25, 0.3) is 20.4 Å². The Kier molecular flexibility index (Phi) is 24.8. The van der Waals surface area contributed by atoms with Crippen molar-refractivity contribution in [2.24, 2.45) is 23.7 Å². The van der Waals surface area contributed by atoms with Gasteiger partial charge in [-0.3, -0.25) is 19.2 Å². The smallest absolute Gasteiger partial charge is 0.305 e. The second kappa shape index (κ2) is 32.8. The lowest BCUT2D eigenvalue weighted by Gasteiger charge is -2.44. The number of esters is 2. The maximum Gasteiger partial charge on any atom is 0.305 e. The van der Waals surface area contributed by atoms with E-state index in [1.54, 1.807) is 22.7 Å². The van der Waals surface area contributed by atoms with Crippen molar-refractivity contribution in [2.45, 2.75) is 140 Å². The molecule has 2 N–H and O–H groups in total. The Bertz CT molecular complexity index is 3750. The van der Waals surface area contributed by atoms with Crippen LogP contribution in [-0.2, 0) is 37.5 Å². The maximum absolute atomic E-state index is 13.3. The fourth-order valence-corrected chi connectivity index (χ4v) is 24.6. The van der Waals surface area contributed by atoms with Gasteiger partial charge in [-0.1, -0.05) is 236 Å². The molecule has 0 unspecified atom stereocenters. The Morgan fingerprint density at radius 1 is 0.521 bits per heavy atom. The van der Waals surface area contributed by atoms with E-state index in [-0.39, 0.29) is 64.2 Å². The molecule has 0 spiro atoms. The predicted octanol–water partition coefficient (Wildman–Crippen LogP) is 14.7. The summed E-state index contributed by atoms with van der Waals surface area (Å²) in [6.45, 7) is 13.5. The van der Waals surface area contributed by atoms with Gasteiger partial charge in [0.1, 0.15) is 33.8 Å². The van der Waals surface area contributed by atoms with Crippen LogP contribution >= 0.6 is 22.7 Å². The largest absolute Gasteiger partial charge is 0.469 e. The number of aliphatic hydroxyl groups is 2. The number of aliphatic hydroxyl groups excluding tert-OH is 2. The highest BCUT2D eigenvalue weighted by Crippen LogP contribution is 2.45. The molecule has 2 heterocycles. The second-order valence-electron chi connectivity index (χ2n) is 26.4. The number of carbonyl (C=O) groups excluding carboxylic acids is 4. The van der Waals surface area contributed by atoms with Gasteiger partial charge in [0.25, 0.3) is 16.6 Å². The molecule has 6 aromatic carbocycles. The van der Waals surface area contributed by atoms with Gasteiger partial charge >= 0.3 is 11.9 Å². The lowest BCUT2D eigenvalue weighted by atomic mass is 9.90. The van der Waals surface area contributed by atoms with Gasteiger partial charge in [-0.05, 0) is 93.6 Å². The van der Waals surface area contributed by atoms with Crippen LogP contribution in [-0.4, -0.2) is 86.7 Å². The van der Waals surface area contributed by atoms with Crippen LogP contribution in [0.4, 0.5) is 0 Å². The quantitative estimate of drug-likeness (QED) is 0.0228. The zero-order valence-corrected chi connectivity index (χ0v) is 59.0. The normalized spacial score (nSPS) is 19.6. The van der Waals surface area contributed by atoms with Gasteiger partial charge in [-0.25, -0.2) is 9.97 Å². The van der Waals surface area contributed by atoms with Crippen LogP contribution < -0.4 is 20.7 Å². The number of thiazole rings is 2. The number of unbranched alkanes of at least 4 members (excludes halogenated alkanes) is 2. The van der Waals surface area contributed by atoms with Crippen LogP contribution in [0.15, 0.2) is 218 Å². The molecule has 0 saturated heterocycles. The van der Waals surface area contributed by atoms with Gasteiger partial charge in [0.15, 0.2) is 0 Å². The van der Waals surface area contributed by atoms with Crippen molar-refractivity contribution in [1.29, 1.82) is 0 Å². The molecule has 2 saturated carbocycles. The summed E-state index contributed by atoms with van der Waals surface area (Å²) < 4.78 is 26.8. The van der Waals surface area contributed by atoms with Crippen LogP contribution in [0.3, 0.4) is 0 Å².